The summed E-state index contributed by atoms with van der Waals surface area (Å²) in [6.45, 7) is 2.74. The molecule has 0 aliphatic carbocycles. The van der Waals surface area contributed by atoms with Crippen LogP contribution >= 0.6 is 11.8 Å². The summed E-state index contributed by atoms with van der Waals surface area (Å²) in [5.74, 6) is -1.23. The summed E-state index contributed by atoms with van der Waals surface area (Å²) in [6, 6.07) is 16.7. The number of rotatable bonds is 4. The Balaban J connectivity index is 1.63. The van der Waals surface area contributed by atoms with Gasteiger partial charge in [0.1, 0.15) is 6.07 Å². The maximum Gasteiger partial charge on any atom is 0.321 e. The summed E-state index contributed by atoms with van der Waals surface area (Å²) < 4.78 is 0. The molecule has 1 saturated heterocycles. The average molecular weight is 395 g/mol. The Morgan fingerprint density at radius 3 is 2.57 bits per heavy atom. The fraction of sp³-hybridized carbons (Fsp3) is 0.286. The number of benzene rings is 2. The van der Waals surface area contributed by atoms with Crippen LogP contribution in [0.15, 0.2) is 58.3 Å². The van der Waals surface area contributed by atoms with E-state index in [1.54, 1.807) is 23.1 Å². The highest BCUT2D eigenvalue weighted by atomic mass is 32.2. The van der Waals surface area contributed by atoms with Gasteiger partial charge < -0.3 is 15.3 Å². The van der Waals surface area contributed by atoms with E-state index in [4.69, 9.17) is 0 Å². The van der Waals surface area contributed by atoms with Gasteiger partial charge in [-0.2, -0.15) is 5.26 Å². The van der Waals surface area contributed by atoms with Crippen LogP contribution in [0.5, 0.6) is 0 Å². The smallest absolute Gasteiger partial charge is 0.321 e. The van der Waals surface area contributed by atoms with E-state index in [9.17, 15) is 20.0 Å². The molecule has 2 aromatic rings. The largest absolute Gasteiger partial charge is 0.481 e. The van der Waals surface area contributed by atoms with Gasteiger partial charge in [0.05, 0.1) is 11.5 Å². The molecular weight excluding hydrogens is 374 g/mol. The molecule has 3 rings (SSSR count). The Hall–Kier alpha value is -2.98. The number of hydrogen-bond acceptors (Lipinski definition) is 4. The Morgan fingerprint density at radius 1 is 1.18 bits per heavy atom. The molecule has 0 radical (unpaired) electrons. The van der Waals surface area contributed by atoms with Crippen molar-refractivity contribution in [3.63, 3.8) is 0 Å². The van der Waals surface area contributed by atoms with E-state index < -0.39 is 11.9 Å². The van der Waals surface area contributed by atoms with Crippen LogP contribution in [-0.2, 0) is 4.79 Å². The molecule has 2 N–H and O–H groups in total. The molecular formula is C21H21N3O3S. The average Bonchev–Trinajstić information content (AvgIpc) is 2.69. The van der Waals surface area contributed by atoms with Crippen LogP contribution in [0.4, 0.5) is 10.5 Å². The number of carboxylic acid groups (broad SMARTS) is 1. The van der Waals surface area contributed by atoms with Crippen molar-refractivity contribution in [2.45, 2.75) is 23.1 Å². The molecule has 0 bridgehead atoms. The first kappa shape index (κ1) is 19.8. The predicted octanol–water partition coefficient (Wildman–Crippen LogP) is 4.28. The van der Waals surface area contributed by atoms with Crippen LogP contribution in [0.1, 0.15) is 18.9 Å². The number of nitrogens with one attached hydrogen (secondary N) is 1. The highest BCUT2D eigenvalue weighted by Crippen LogP contribution is 2.31. The third kappa shape index (κ3) is 4.84. The maximum atomic E-state index is 12.5. The number of amides is 2. The van der Waals surface area contributed by atoms with Gasteiger partial charge in [0.15, 0.2) is 0 Å². The quantitative estimate of drug-likeness (QED) is 0.806. The molecule has 1 heterocycles. The molecule has 0 saturated carbocycles. The fourth-order valence-corrected chi connectivity index (χ4v) is 4.18. The molecule has 144 valence electrons. The highest BCUT2D eigenvalue weighted by Gasteiger charge is 2.31. The molecule has 2 atom stereocenters. The van der Waals surface area contributed by atoms with Crippen molar-refractivity contribution in [1.29, 1.82) is 5.26 Å². The number of urea groups is 1. The van der Waals surface area contributed by atoms with Gasteiger partial charge in [0.2, 0.25) is 0 Å². The lowest BCUT2D eigenvalue weighted by Gasteiger charge is -2.34. The van der Waals surface area contributed by atoms with Gasteiger partial charge in [0, 0.05) is 28.6 Å². The van der Waals surface area contributed by atoms with E-state index in [2.05, 4.69) is 11.4 Å². The van der Waals surface area contributed by atoms with E-state index in [-0.39, 0.29) is 18.5 Å². The zero-order chi connectivity index (χ0) is 20.1. The lowest BCUT2D eigenvalue weighted by Crippen LogP contribution is -2.47. The van der Waals surface area contributed by atoms with Gasteiger partial charge in [0.25, 0.3) is 0 Å². The highest BCUT2D eigenvalue weighted by molar-refractivity contribution is 7.99. The van der Waals surface area contributed by atoms with Crippen molar-refractivity contribution in [2.24, 2.45) is 11.8 Å². The number of piperidine rings is 1. The normalized spacial score (nSPS) is 18.9. The topological polar surface area (TPSA) is 93.4 Å². The number of aliphatic carboxylic acids is 1. The molecule has 6 nitrogen and oxygen atoms in total. The summed E-state index contributed by atoms with van der Waals surface area (Å²) in [4.78, 5) is 27.2. The number of hydrogen-bond donors (Lipinski definition) is 2. The Bertz CT molecular complexity index is 908. The Labute approximate surface area is 168 Å². The summed E-state index contributed by atoms with van der Waals surface area (Å²) in [5, 5.41) is 21.3. The summed E-state index contributed by atoms with van der Waals surface area (Å²) in [5.41, 5.74) is 1.27. The number of nitrogens with zero attached hydrogens (tertiary/aromatic N) is 2. The van der Waals surface area contributed by atoms with Gasteiger partial charge >= 0.3 is 12.0 Å². The SMILES string of the molecule is CC1CC(C(=O)O)CN(C(=O)Nc2ccc(Sc3ccccc3C#N)cc2)C1. The van der Waals surface area contributed by atoms with Gasteiger partial charge in [-0.1, -0.05) is 30.8 Å². The zero-order valence-electron chi connectivity index (χ0n) is 15.5. The predicted molar refractivity (Wildman–Crippen MR) is 107 cm³/mol. The van der Waals surface area contributed by atoms with E-state index >= 15 is 0 Å². The van der Waals surface area contributed by atoms with Crippen LogP contribution in [-0.4, -0.2) is 35.1 Å². The van der Waals surface area contributed by atoms with Gasteiger partial charge in [-0.3, -0.25) is 4.79 Å². The molecule has 2 unspecified atom stereocenters. The number of carbonyl (C=O) groups is 2. The summed E-state index contributed by atoms with van der Waals surface area (Å²) in [6.07, 6.45) is 0.592. The first-order valence-corrected chi connectivity index (χ1v) is 9.83. The minimum atomic E-state index is -0.858. The maximum absolute atomic E-state index is 12.5. The standard InChI is InChI=1S/C21H21N3O3S/c1-14-10-16(20(25)26)13-24(12-14)21(27)23-17-6-8-18(9-7-17)28-19-5-3-2-4-15(19)11-22/h2-9,14,16H,10,12-13H2,1H3,(H,23,27)(H,25,26). The van der Waals surface area contributed by atoms with Crippen LogP contribution in [0.3, 0.4) is 0 Å². The molecule has 0 spiro atoms. The van der Waals surface area contributed by atoms with Crippen molar-refractivity contribution in [2.75, 3.05) is 18.4 Å². The molecule has 7 heteroatoms. The van der Waals surface area contributed by atoms with Crippen molar-refractivity contribution in [1.82, 2.24) is 4.90 Å². The van der Waals surface area contributed by atoms with E-state index in [1.165, 1.54) is 11.8 Å². The van der Waals surface area contributed by atoms with Crippen molar-refractivity contribution >= 4 is 29.4 Å². The first-order chi connectivity index (χ1) is 13.5. The van der Waals surface area contributed by atoms with Gasteiger partial charge in [-0.15, -0.1) is 0 Å². The lowest BCUT2D eigenvalue weighted by atomic mass is 9.91. The molecule has 2 amide bonds. The van der Waals surface area contributed by atoms with Crippen LogP contribution in [0.2, 0.25) is 0 Å². The van der Waals surface area contributed by atoms with E-state index in [0.717, 1.165) is 9.79 Å². The second kappa shape index (κ2) is 8.81. The lowest BCUT2D eigenvalue weighted by molar-refractivity contribution is -0.143. The number of nitriles is 1. The molecule has 0 aromatic heterocycles. The fourth-order valence-electron chi connectivity index (χ4n) is 3.28. The third-order valence-electron chi connectivity index (χ3n) is 4.64. The number of carboxylic acids is 1. The molecule has 28 heavy (non-hydrogen) atoms. The summed E-state index contributed by atoms with van der Waals surface area (Å²) >= 11 is 1.49. The monoisotopic (exact) mass is 395 g/mol. The van der Waals surface area contributed by atoms with Crippen molar-refractivity contribution < 1.29 is 14.7 Å². The van der Waals surface area contributed by atoms with Gasteiger partial charge in [-0.25, -0.2) is 4.79 Å². The number of carbonyl (C=O) groups excluding carboxylic acids is 1. The minimum absolute atomic E-state index is 0.152. The van der Waals surface area contributed by atoms with Crippen molar-refractivity contribution in [3.8, 4) is 6.07 Å². The molecule has 1 aliphatic rings. The second-order valence-corrected chi connectivity index (χ2v) is 8.06. The Kier molecular flexibility index (Phi) is 6.22. The molecule has 1 aliphatic heterocycles. The number of anilines is 1. The second-order valence-electron chi connectivity index (χ2n) is 6.95. The summed E-state index contributed by atoms with van der Waals surface area (Å²) in [7, 11) is 0. The minimum Gasteiger partial charge on any atom is -0.481 e. The van der Waals surface area contributed by atoms with E-state index in [0.29, 0.717) is 24.2 Å². The van der Waals surface area contributed by atoms with Crippen LogP contribution < -0.4 is 5.32 Å². The van der Waals surface area contributed by atoms with Crippen molar-refractivity contribution in [3.05, 3.63) is 54.1 Å². The Morgan fingerprint density at radius 2 is 1.89 bits per heavy atom. The number of likely N-dealkylation sites (tertiary alicyclic amines) is 1. The van der Waals surface area contributed by atoms with E-state index in [1.807, 2.05) is 37.3 Å². The van der Waals surface area contributed by atoms with Gasteiger partial charge in [-0.05, 0) is 48.7 Å². The van der Waals surface area contributed by atoms with Crippen LogP contribution in [0, 0.1) is 23.2 Å². The zero-order valence-corrected chi connectivity index (χ0v) is 16.3. The molecule has 2 aromatic carbocycles. The first-order valence-electron chi connectivity index (χ1n) is 9.02. The molecule has 1 fully saturated rings. The van der Waals surface area contributed by atoms with Crippen LogP contribution in [0.25, 0.3) is 0 Å². The third-order valence-corrected chi connectivity index (χ3v) is 5.72.